The Labute approximate surface area is 149 Å². The van der Waals surface area contributed by atoms with Gasteiger partial charge in [-0.25, -0.2) is 0 Å². The van der Waals surface area contributed by atoms with Gasteiger partial charge in [0, 0.05) is 26.0 Å². The minimum atomic E-state index is -4.45. The number of piperidine rings is 1. The molecule has 1 N–H and O–H groups in total. The lowest BCUT2D eigenvalue weighted by molar-refractivity contribution is -0.144. The fourth-order valence-electron chi connectivity index (χ4n) is 3.52. The van der Waals surface area contributed by atoms with Crippen molar-refractivity contribution in [2.45, 2.75) is 31.1 Å². The number of hydrogen-bond acceptors (Lipinski definition) is 3. The highest BCUT2D eigenvalue weighted by atomic mass is 19.4. The number of likely N-dealkylation sites (N-methyl/N-ethyl adjacent to an activating group) is 1. The van der Waals surface area contributed by atoms with Crippen LogP contribution in [0.25, 0.3) is 0 Å². The number of nitrogens with one attached hydrogen (secondary N) is 1. The van der Waals surface area contributed by atoms with Gasteiger partial charge >= 0.3 is 6.18 Å². The van der Waals surface area contributed by atoms with Gasteiger partial charge in [0.15, 0.2) is 0 Å². The number of alkyl halides is 3. The number of halogens is 3. The second kappa shape index (κ2) is 7.11. The molecule has 0 saturated carbocycles. The molecule has 0 atom stereocenters. The highest BCUT2D eigenvalue weighted by Crippen LogP contribution is 2.34. The van der Waals surface area contributed by atoms with E-state index in [9.17, 15) is 18.0 Å². The number of amides is 1. The second-order valence-corrected chi connectivity index (χ2v) is 6.55. The van der Waals surface area contributed by atoms with Crippen LogP contribution in [-0.4, -0.2) is 40.7 Å². The Balaban J connectivity index is 1.88. The fraction of sp³-hybridized carbons (Fsp3) is 0.444. The molecule has 1 amide bonds. The van der Waals surface area contributed by atoms with Crippen molar-refractivity contribution < 1.29 is 18.0 Å². The van der Waals surface area contributed by atoms with Crippen LogP contribution in [0.4, 0.5) is 13.2 Å². The molecule has 8 heteroatoms. The van der Waals surface area contributed by atoms with Crippen molar-refractivity contribution in [2.24, 2.45) is 0 Å². The van der Waals surface area contributed by atoms with Gasteiger partial charge in [0.2, 0.25) is 0 Å². The third-order valence-corrected chi connectivity index (χ3v) is 4.85. The van der Waals surface area contributed by atoms with Crippen LogP contribution in [0.5, 0.6) is 0 Å². The highest BCUT2D eigenvalue weighted by Gasteiger charge is 2.44. The van der Waals surface area contributed by atoms with Gasteiger partial charge < -0.3 is 10.2 Å². The largest absolute Gasteiger partial charge is 0.416 e. The average Bonchev–Trinajstić information content (AvgIpc) is 3.16. The SMILES string of the molecule is CN(Cc1ccccc1C(F)(F)F)C(=O)C1(n2cccn2)CCNCC1. The molecule has 3 rings (SSSR count). The van der Waals surface area contributed by atoms with E-state index in [4.69, 9.17) is 0 Å². The van der Waals surface area contributed by atoms with E-state index in [0.717, 1.165) is 6.07 Å². The van der Waals surface area contributed by atoms with Crippen molar-refractivity contribution >= 4 is 5.91 Å². The van der Waals surface area contributed by atoms with Crippen LogP contribution in [0.1, 0.15) is 24.0 Å². The maximum atomic E-state index is 13.2. The van der Waals surface area contributed by atoms with E-state index < -0.39 is 17.3 Å². The Morgan fingerprint density at radius 3 is 2.58 bits per heavy atom. The van der Waals surface area contributed by atoms with E-state index in [1.54, 1.807) is 36.3 Å². The quantitative estimate of drug-likeness (QED) is 0.905. The Morgan fingerprint density at radius 1 is 1.27 bits per heavy atom. The molecule has 1 fully saturated rings. The molecule has 2 heterocycles. The molecule has 1 saturated heterocycles. The van der Waals surface area contributed by atoms with Gasteiger partial charge in [0.25, 0.3) is 5.91 Å². The van der Waals surface area contributed by atoms with E-state index in [1.807, 2.05) is 0 Å². The first-order chi connectivity index (χ1) is 12.3. The van der Waals surface area contributed by atoms with Gasteiger partial charge in [-0.3, -0.25) is 9.48 Å². The fourth-order valence-corrected chi connectivity index (χ4v) is 3.52. The van der Waals surface area contributed by atoms with Crippen molar-refractivity contribution in [1.82, 2.24) is 20.0 Å². The van der Waals surface area contributed by atoms with E-state index in [-0.39, 0.29) is 18.0 Å². The maximum Gasteiger partial charge on any atom is 0.416 e. The molecule has 2 aromatic rings. The number of aromatic nitrogens is 2. The van der Waals surface area contributed by atoms with Crippen molar-refractivity contribution in [3.63, 3.8) is 0 Å². The highest BCUT2D eigenvalue weighted by molar-refractivity contribution is 5.84. The van der Waals surface area contributed by atoms with Crippen LogP contribution in [0, 0.1) is 0 Å². The van der Waals surface area contributed by atoms with Crippen LogP contribution in [0.2, 0.25) is 0 Å². The van der Waals surface area contributed by atoms with E-state index in [0.29, 0.717) is 25.9 Å². The van der Waals surface area contributed by atoms with Crippen molar-refractivity contribution in [3.8, 4) is 0 Å². The Kier molecular flexibility index (Phi) is 5.04. The van der Waals surface area contributed by atoms with Crippen molar-refractivity contribution in [2.75, 3.05) is 20.1 Å². The zero-order valence-corrected chi connectivity index (χ0v) is 14.5. The second-order valence-electron chi connectivity index (χ2n) is 6.55. The minimum Gasteiger partial charge on any atom is -0.339 e. The van der Waals surface area contributed by atoms with Gasteiger partial charge in [0.1, 0.15) is 5.54 Å². The molecule has 26 heavy (non-hydrogen) atoms. The number of benzene rings is 1. The first-order valence-electron chi connectivity index (χ1n) is 8.46. The molecule has 1 aliphatic heterocycles. The third kappa shape index (κ3) is 3.46. The number of carbonyl (C=O) groups is 1. The molecule has 1 aromatic carbocycles. The van der Waals surface area contributed by atoms with Crippen LogP contribution < -0.4 is 5.32 Å². The lowest BCUT2D eigenvalue weighted by Crippen LogP contribution is -2.54. The molecule has 0 aliphatic carbocycles. The Hall–Kier alpha value is -2.35. The van der Waals surface area contributed by atoms with Crippen molar-refractivity contribution in [1.29, 1.82) is 0 Å². The summed E-state index contributed by atoms with van der Waals surface area (Å²) < 4.78 is 41.3. The smallest absolute Gasteiger partial charge is 0.339 e. The summed E-state index contributed by atoms with van der Waals surface area (Å²) in [7, 11) is 1.54. The lowest BCUT2D eigenvalue weighted by Gasteiger charge is -2.39. The van der Waals surface area contributed by atoms with Crippen LogP contribution in [-0.2, 0) is 23.1 Å². The zero-order chi connectivity index (χ0) is 18.8. The zero-order valence-electron chi connectivity index (χ0n) is 14.5. The molecule has 0 radical (unpaired) electrons. The van der Waals surface area contributed by atoms with Crippen LogP contribution >= 0.6 is 0 Å². The van der Waals surface area contributed by atoms with E-state index in [1.165, 1.54) is 17.0 Å². The number of nitrogens with zero attached hydrogens (tertiary/aromatic N) is 3. The Bertz CT molecular complexity index is 752. The molecule has 5 nitrogen and oxygen atoms in total. The first-order valence-corrected chi connectivity index (χ1v) is 8.46. The van der Waals surface area contributed by atoms with Gasteiger partial charge in [-0.15, -0.1) is 0 Å². The van der Waals surface area contributed by atoms with Gasteiger partial charge in [-0.1, -0.05) is 18.2 Å². The lowest BCUT2D eigenvalue weighted by atomic mass is 9.86. The van der Waals surface area contributed by atoms with Gasteiger partial charge in [-0.2, -0.15) is 18.3 Å². The monoisotopic (exact) mass is 366 g/mol. The molecular weight excluding hydrogens is 345 g/mol. The van der Waals surface area contributed by atoms with E-state index >= 15 is 0 Å². The topological polar surface area (TPSA) is 50.2 Å². The molecular formula is C18H21F3N4O. The maximum absolute atomic E-state index is 13.2. The average molecular weight is 366 g/mol. The number of carbonyl (C=O) groups excluding carboxylic acids is 1. The predicted molar refractivity (Wildman–Crippen MR) is 90.2 cm³/mol. The molecule has 1 aliphatic rings. The molecule has 0 unspecified atom stereocenters. The minimum absolute atomic E-state index is 0.0837. The van der Waals surface area contributed by atoms with E-state index in [2.05, 4.69) is 10.4 Å². The van der Waals surface area contributed by atoms with Gasteiger partial charge in [-0.05, 0) is 43.6 Å². The summed E-state index contributed by atoms with van der Waals surface area (Å²) in [6, 6.07) is 7.11. The molecule has 140 valence electrons. The van der Waals surface area contributed by atoms with Crippen LogP contribution in [0.15, 0.2) is 42.7 Å². The first kappa shape index (κ1) is 18.4. The molecule has 0 spiro atoms. The summed E-state index contributed by atoms with van der Waals surface area (Å²) in [5.74, 6) is -0.223. The summed E-state index contributed by atoms with van der Waals surface area (Å²) in [6.07, 6.45) is -0.0246. The number of rotatable bonds is 4. The third-order valence-electron chi connectivity index (χ3n) is 4.85. The molecule has 0 bridgehead atoms. The summed E-state index contributed by atoms with van der Waals surface area (Å²) in [6.45, 7) is 1.20. The standard InChI is InChI=1S/C18H21F3N4O/c1-24(13-14-5-2-3-6-15(14)18(19,20)21)16(26)17(7-10-22-11-8-17)25-12-4-9-23-25/h2-6,9,12,22H,7-8,10-11,13H2,1H3. The summed E-state index contributed by atoms with van der Waals surface area (Å²) in [5.41, 5.74) is -1.49. The van der Waals surface area contributed by atoms with Crippen molar-refractivity contribution in [3.05, 3.63) is 53.9 Å². The van der Waals surface area contributed by atoms with Crippen LogP contribution in [0.3, 0.4) is 0 Å². The summed E-state index contributed by atoms with van der Waals surface area (Å²) >= 11 is 0. The number of hydrogen-bond donors (Lipinski definition) is 1. The Morgan fingerprint density at radius 2 is 1.96 bits per heavy atom. The normalized spacial score (nSPS) is 17.1. The predicted octanol–water partition coefficient (Wildman–Crippen LogP) is 2.64. The molecule has 1 aromatic heterocycles. The summed E-state index contributed by atoms with van der Waals surface area (Å²) in [5, 5.41) is 7.45. The van der Waals surface area contributed by atoms with Gasteiger partial charge in [0.05, 0.1) is 5.56 Å². The summed E-state index contributed by atoms with van der Waals surface area (Å²) in [4.78, 5) is 14.6.